The molecule has 1 aromatic carbocycles. The summed E-state index contributed by atoms with van der Waals surface area (Å²) < 4.78 is 5.30. The van der Waals surface area contributed by atoms with Crippen LogP contribution < -0.4 is 15.8 Å². The molecule has 0 unspecified atom stereocenters. The Bertz CT molecular complexity index is 310. The molecule has 0 amide bonds. The van der Waals surface area contributed by atoms with Crippen LogP contribution >= 0.6 is 0 Å². The van der Waals surface area contributed by atoms with Crippen molar-refractivity contribution in [1.82, 2.24) is 5.32 Å². The zero-order valence-electron chi connectivity index (χ0n) is 9.05. The van der Waals surface area contributed by atoms with Gasteiger partial charge in [-0.05, 0) is 31.0 Å². The second kappa shape index (κ2) is 4.98. The van der Waals surface area contributed by atoms with Gasteiger partial charge >= 0.3 is 0 Å². The molecule has 1 rings (SSSR count). The quantitative estimate of drug-likeness (QED) is 0.711. The van der Waals surface area contributed by atoms with E-state index in [0.717, 1.165) is 17.9 Å². The highest BCUT2D eigenvalue weighted by Gasteiger charge is 2.04. The van der Waals surface area contributed by atoms with E-state index in [4.69, 9.17) is 10.5 Å². The van der Waals surface area contributed by atoms with Crippen LogP contribution in [0.2, 0.25) is 0 Å². The van der Waals surface area contributed by atoms with Crippen LogP contribution in [0.4, 0.5) is 0 Å². The molecule has 0 spiro atoms. The number of methoxy groups -OCH3 is 1. The first kappa shape index (κ1) is 11.0. The first-order chi connectivity index (χ1) is 6.69. The predicted octanol–water partition coefficient (Wildman–Crippen LogP) is 1.32. The molecule has 0 aliphatic rings. The first-order valence-electron chi connectivity index (χ1n) is 4.74. The van der Waals surface area contributed by atoms with Gasteiger partial charge in [-0.1, -0.05) is 6.07 Å². The number of nitrogens with one attached hydrogen (secondary N) is 1. The van der Waals surface area contributed by atoms with E-state index in [2.05, 4.69) is 31.3 Å². The largest absolute Gasteiger partial charge is 0.496 e. The van der Waals surface area contributed by atoms with Crippen LogP contribution in [-0.4, -0.2) is 13.8 Å². The second-order valence-electron chi connectivity index (χ2n) is 3.38. The van der Waals surface area contributed by atoms with E-state index in [1.165, 1.54) is 11.1 Å². The minimum Gasteiger partial charge on any atom is -0.496 e. The van der Waals surface area contributed by atoms with Crippen LogP contribution in [-0.2, 0) is 6.54 Å². The fourth-order valence-corrected chi connectivity index (χ4v) is 1.38. The molecular weight excluding hydrogens is 176 g/mol. The molecule has 0 heterocycles. The SMILES string of the molecule is COc1cc(C)c(C)cc1CNCN. The molecule has 1 aromatic rings. The first-order valence-corrected chi connectivity index (χ1v) is 4.74. The van der Waals surface area contributed by atoms with Gasteiger partial charge in [0.2, 0.25) is 0 Å². The van der Waals surface area contributed by atoms with Crippen LogP contribution in [0.3, 0.4) is 0 Å². The van der Waals surface area contributed by atoms with Gasteiger partial charge in [-0.2, -0.15) is 0 Å². The topological polar surface area (TPSA) is 47.3 Å². The molecule has 78 valence electrons. The molecule has 0 aliphatic heterocycles. The Morgan fingerprint density at radius 2 is 1.93 bits per heavy atom. The average Bonchev–Trinajstić information content (AvgIpc) is 2.19. The van der Waals surface area contributed by atoms with E-state index < -0.39 is 0 Å². The van der Waals surface area contributed by atoms with Crippen molar-refractivity contribution in [3.05, 3.63) is 28.8 Å². The van der Waals surface area contributed by atoms with Crippen molar-refractivity contribution >= 4 is 0 Å². The van der Waals surface area contributed by atoms with E-state index in [9.17, 15) is 0 Å². The highest BCUT2D eigenvalue weighted by Crippen LogP contribution is 2.22. The second-order valence-corrected chi connectivity index (χ2v) is 3.38. The van der Waals surface area contributed by atoms with Gasteiger partial charge in [0.1, 0.15) is 5.75 Å². The van der Waals surface area contributed by atoms with Crippen LogP contribution in [0.5, 0.6) is 5.75 Å². The van der Waals surface area contributed by atoms with Gasteiger partial charge in [0.15, 0.2) is 0 Å². The smallest absolute Gasteiger partial charge is 0.123 e. The van der Waals surface area contributed by atoms with Crippen molar-refractivity contribution < 1.29 is 4.74 Å². The molecule has 0 aromatic heterocycles. The van der Waals surface area contributed by atoms with E-state index in [-0.39, 0.29) is 0 Å². The zero-order chi connectivity index (χ0) is 10.6. The molecule has 0 aliphatic carbocycles. The molecule has 0 radical (unpaired) electrons. The summed E-state index contributed by atoms with van der Waals surface area (Å²) in [6, 6.07) is 4.19. The van der Waals surface area contributed by atoms with Gasteiger partial charge < -0.3 is 15.8 Å². The molecule has 0 bridgehead atoms. The van der Waals surface area contributed by atoms with Crippen LogP contribution in [0.15, 0.2) is 12.1 Å². The average molecular weight is 194 g/mol. The third kappa shape index (κ3) is 2.47. The van der Waals surface area contributed by atoms with Crippen LogP contribution in [0.25, 0.3) is 0 Å². The fraction of sp³-hybridized carbons (Fsp3) is 0.455. The molecule has 0 saturated carbocycles. The van der Waals surface area contributed by atoms with Gasteiger partial charge in [-0.15, -0.1) is 0 Å². The standard InChI is InChI=1S/C11H18N2O/c1-8-4-10(6-13-7-12)11(14-3)5-9(8)2/h4-5,13H,6-7,12H2,1-3H3. The molecule has 0 saturated heterocycles. The lowest BCUT2D eigenvalue weighted by molar-refractivity contribution is 0.407. The lowest BCUT2D eigenvalue weighted by Crippen LogP contribution is -2.21. The zero-order valence-corrected chi connectivity index (χ0v) is 9.05. The molecule has 3 nitrogen and oxygen atoms in total. The van der Waals surface area contributed by atoms with Crippen molar-refractivity contribution in [3.8, 4) is 5.75 Å². The van der Waals surface area contributed by atoms with Crippen molar-refractivity contribution in [2.75, 3.05) is 13.8 Å². The Balaban J connectivity index is 2.95. The Hall–Kier alpha value is -1.06. The summed E-state index contributed by atoms with van der Waals surface area (Å²) in [7, 11) is 1.69. The van der Waals surface area contributed by atoms with Gasteiger partial charge in [-0.3, -0.25) is 0 Å². The maximum Gasteiger partial charge on any atom is 0.123 e. The number of hydrogen-bond acceptors (Lipinski definition) is 3. The van der Waals surface area contributed by atoms with Crippen LogP contribution in [0, 0.1) is 13.8 Å². The summed E-state index contributed by atoms with van der Waals surface area (Å²) >= 11 is 0. The number of benzene rings is 1. The minimum atomic E-state index is 0.482. The maximum atomic E-state index is 5.38. The summed E-state index contributed by atoms with van der Waals surface area (Å²) in [5, 5.41) is 3.08. The summed E-state index contributed by atoms with van der Waals surface area (Å²) in [5.74, 6) is 0.925. The third-order valence-corrected chi connectivity index (χ3v) is 2.36. The van der Waals surface area contributed by atoms with Crippen LogP contribution in [0.1, 0.15) is 16.7 Å². The third-order valence-electron chi connectivity index (χ3n) is 2.36. The minimum absolute atomic E-state index is 0.482. The van der Waals surface area contributed by atoms with E-state index in [1.54, 1.807) is 7.11 Å². The van der Waals surface area contributed by atoms with Crippen molar-refractivity contribution in [2.45, 2.75) is 20.4 Å². The maximum absolute atomic E-state index is 5.38. The fourth-order valence-electron chi connectivity index (χ4n) is 1.38. The molecule has 14 heavy (non-hydrogen) atoms. The van der Waals surface area contributed by atoms with Gasteiger partial charge in [0.25, 0.3) is 0 Å². The summed E-state index contributed by atoms with van der Waals surface area (Å²) in [4.78, 5) is 0. The lowest BCUT2D eigenvalue weighted by atomic mass is 10.1. The van der Waals surface area contributed by atoms with Crippen molar-refractivity contribution in [2.24, 2.45) is 5.73 Å². The van der Waals surface area contributed by atoms with Gasteiger partial charge in [0.05, 0.1) is 7.11 Å². The number of ether oxygens (including phenoxy) is 1. The summed E-state index contributed by atoms with van der Waals surface area (Å²) in [5.41, 5.74) is 9.06. The normalized spacial score (nSPS) is 10.3. The van der Waals surface area contributed by atoms with Crippen molar-refractivity contribution in [3.63, 3.8) is 0 Å². The number of hydrogen-bond donors (Lipinski definition) is 2. The Morgan fingerprint density at radius 1 is 1.29 bits per heavy atom. The highest BCUT2D eigenvalue weighted by molar-refractivity contribution is 5.41. The Kier molecular flexibility index (Phi) is 3.92. The molecule has 0 fully saturated rings. The van der Waals surface area contributed by atoms with Crippen molar-refractivity contribution in [1.29, 1.82) is 0 Å². The van der Waals surface area contributed by atoms with E-state index in [0.29, 0.717) is 6.67 Å². The predicted molar refractivity (Wildman–Crippen MR) is 58.4 cm³/mol. The van der Waals surface area contributed by atoms with E-state index >= 15 is 0 Å². The number of rotatable bonds is 4. The molecule has 0 atom stereocenters. The molecular formula is C11H18N2O. The lowest BCUT2D eigenvalue weighted by Gasteiger charge is -2.11. The Morgan fingerprint density at radius 3 is 2.50 bits per heavy atom. The summed E-state index contributed by atoms with van der Waals surface area (Å²) in [6.45, 7) is 5.41. The van der Waals surface area contributed by atoms with Gasteiger partial charge in [0, 0.05) is 18.8 Å². The molecule has 3 heteroatoms. The highest BCUT2D eigenvalue weighted by atomic mass is 16.5. The summed E-state index contributed by atoms with van der Waals surface area (Å²) in [6.07, 6.45) is 0. The number of nitrogens with two attached hydrogens (primary N) is 1. The molecule has 3 N–H and O–H groups in total. The van der Waals surface area contributed by atoms with E-state index in [1.807, 2.05) is 0 Å². The van der Waals surface area contributed by atoms with Gasteiger partial charge in [-0.25, -0.2) is 0 Å². The monoisotopic (exact) mass is 194 g/mol. The Labute approximate surface area is 85.3 Å². The number of aryl methyl sites for hydroxylation is 2.